The average Bonchev–Trinajstić information content (AvgIpc) is 2.89. The molecule has 1 aromatic rings. The Labute approximate surface area is 91.7 Å². The molecule has 15 heavy (non-hydrogen) atoms. The van der Waals surface area contributed by atoms with Crippen LogP contribution in [0.15, 0.2) is 30.3 Å². The first-order valence-electron chi connectivity index (χ1n) is 6.15. The summed E-state index contributed by atoms with van der Waals surface area (Å²) in [5.74, 6) is 3.36. The van der Waals surface area contributed by atoms with Crippen LogP contribution in [0.3, 0.4) is 0 Å². The van der Waals surface area contributed by atoms with E-state index in [2.05, 4.69) is 30.3 Å². The minimum absolute atomic E-state index is 0.756. The number of fused-ring (bicyclic) bond motifs is 2. The summed E-state index contributed by atoms with van der Waals surface area (Å²) in [6.07, 6.45) is 4.29. The van der Waals surface area contributed by atoms with Crippen molar-refractivity contribution in [3.63, 3.8) is 0 Å². The summed E-state index contributed by atoms with van der Waals surface area (Å²) >= 11 is 0. The Balaban J connectivity index is 1.92. The monoisotopic (exact) mass is 201 g/mol. The van der Waals surface area contributed by atoms with Gasteiger partial charge in [-0.15, -0.1) is 0 Å². The number of rotatable bonds is 2. The topological polar surface area (TPSA) is 26.0 Å². The van der Waals surface area contributed by atoms with Gasteiger partial charge in [0, 0.05) is 0 Å². The van der Waals surface area contributed by atoms with E-state index in [1.54, 1.807) is 0 Å². The van der Waals surface area contributed by atoms with Crippen molar-refractivity contribution in [1.82, 2.24) is 0 Å². The van der Waals surface area contributed by atoms with Gasteiger partial charge in [0.05, 0.1) is 0 Å². The van der Waals surface area contributed by atoms with Crippen molar-refractivity contribution in [3.8, 4) is 0 Å². The van der Waals surface area contributed by atoms with Crippen LogP contribution in [0.1, 0.15) is 30.7 Å². The van der Waals surface area contributed by atoms with Gasteiger partial charge in [0.2, 0.25) is 0 Å². The van der Waals surface area contributed by atoms with E-state index in [4.69, 9.17) is 5.73 Å². The smallest absolute Gasteiger partial charge is 0.00403 e. The molecule has 2 saturated carbocycles. The Bertz CT molecular complexity index is 332. The molecule has 1 aromatic carbocycles. The molecule has 0 aromatic heterocycles. The van der Waals surface area contributed by atoms with E-state index in [0.29, 0.717) is 0 Å². The molecule has 3 rings (SSSR count). The van der Waals surface area contributed by atoms with Crippen LogP contribution in [0.5, 0.6) is 0 Å². The van der Waals surface area contributed by atoms with Crippen molar-refractivity contribution in [2.45, 2.75) is 25.2 Å². The van der Waals surface area contributed by atoms with Gasteiger partial charge in [-0.25, -0.2) is 0 Å². The SMILES string of the molecule is NC[C@@H]1C2CCC(C2)[C@H]1c1ccccc1. The molecule has 0 heterocycles. The highest BCUT2D eigenvalue weighted by Crippen LogP contribution is 2.56. The van der Waals surface area contributed by atoms with Crippen molar-refractivity contribution in [2.75, 3.05) is 6.54 Å². The van der Waals surface area contributed by atoms with Crippen molar-refractivity contribution >= 4 is 0 Å². The maximum absolute atomic E-state index is 5.95. The lowest BCUT2D eigenvalue weighted by Crippen LogP contribution is -2.27. The summed E-state index contributed by atoms with van der Waals surface area (Å²) < 4.78 is 0. The summed E-state index contributed by atoms with van der Waals surface area (Å²) in [5, 5.41) is 0. The van der Waals surface area contributed by atoms with Crippen LogP contribution in [0, 0.1) is 17.8 Å². The lowest BCUT2D eigenvalue weighted by atomic mass is 9.75. The Morgan fingerprint density at radius 2 is 1.80 bits per heavy atom. The number of nitrogens with two attached hydrogens (primary N) is 1. The second-order valence-corrected chi connectivity index (χ2v) is 5.17. The minimum Gasteiger partial charge on any atom is -0.330 e. The third kappa shape index (κ3) is 1.41. The fourth-order valence-electron chi connectivity index (χ4n) is 3.94. The molecule has 1 nitrogen and oxygen atoms in total. The average molecular weight is 201 g/mol. The van der Waals surface area contributed by atoms with Crippen LogP contribution < -0.4 is 5.73 Å². The zero-order valence-corrected chi connectivity index (χ0v) is 9.10. The Hall–Kier alpha value is -0.820. The predicted octanol–water partition coefficient (Wildman–Crippen LogP) is 2.78. The second-order valence-electron chi connectivity index (χ2n) is 5.17. The van der Waals surface area contributed by atoms with E-state index in [9.17, 15) is 0 Å². The standard InChI is InChI=1S/C14H19N/c15-9-13-11-6-7-12(8-11)14(13)10-4-2-1-3-5-10/h1-5,11-14H,6-9,15H2/t11?,12?,13-,14-/m1/s1. The molecule has 2 bridgehead atoms. The molecule has 80 valence electrons. The van der Waals surface area contributed by atoms with E-state index in [0.717, 1.165) is 30.2 Å². The Morgan fingerprint density at radius 1 is 1.07 bits per heavy atom. The van der Waals surface area contributed by atoms with E-state index in [-0.39, 0.29) is 0 Å². The second kappa shape index (κ2) is 3.64. The van der Waals surface area contributed by atoms with Gasteiger partial charge in [0.15, 0.2) is 0 Å². The molecule has 2 unspecified atom stereocenters. The summed E-state index contributed by atoms with van der Waals surface area (Å²) in [7, 11) is 0. The molecule has 1 heteroatoms. The third-order valence-corrected chi connectivity index (χ3v) is 4.55. The Morgan fingerprint density at radius 3 is 2.53 bits per heavy atom. The van der Waals surface area contributed by atoms with Crippen LogP contribution in [-0.2, 0) is 0 Å². The number of hydrogen-bond donors (Lipinski definition) is 1. The quantitative estimate of drug-likeness (QED) is 0.782. The van der Waals surface area contributed by atoms with Gasteiger partial charge in [0.1, 0.15) is 0 Å². The highest BCUT2D eigenvalue weighted by Gasteiger charge is 2.46. The molecule has 0 radical (unpaired) electrons. The van der Waals surface area contributed by atoms with Gasteiger partial charge in [-0.05, 0) is 55.0 Å². The van der Waals surface area contributed by atoms with Crippen LogP contribution in [0.25, 0.3) is 0 Å². The molecule has 0 spiro atoms. The highest BCUT2D eigenvalue weighted by atomic mass is 14.6. The lowest BCUT2D eigenvalue weighted by Gasteiger charge is -2.30. The molecule has 4 atom stereocenters. The van der Waals surface area contributed by atoms with Crippen molar-refractivity contribution in [3.05, 3.63) is 35.9 Å². The first-order valence-corrected chi connectivity index (χ1v) is 6.15. The van der Waals surface area contributed by atoms with E-state index in [1.165, 1.54) is 24.8 Å². The zero-order valence-electron chi connectivity index (χ0n) is 9.10. The molecule has 0 amide bonds. The normalized spacial score (nSPS) is 38.5. The van der Waals surface area contributed by atoms with Gasteiger partial charge < -0.3 is 5.73 Å². The molecule has 2 aliphatic carbocycles. The molecule has 2 fully saturated rings. The van der Waals surface area contributed by atoms with Gasteiger partial charge in [0.25, 0.3) is 0 Å². The fraction of sp³-hybridized carbons (Fsp3) is 0.571. The molecule has 0 aliphatic heterocycles. The van der Waals surface area contributed by atoms with Gasteiger partial charge in [-0.1, -0.05) is 30.3 Å². The summed E-state index contributed by atoms with van der Waals surface area (Å²) in [6, 6.07) is 11.0. The maximum Gasteiger partial charge on any atom is -0.00403 e. The van der Waals surface area contributed by atoms with Gasteiger partial charge >= 0.3 is 0 Å². The number of benzene rings is 1. The van der Waals surface area contributed by atoms with Crippen LogP contribution in [0.2, 0.25) is 0 Å². The van der Waals surface area contributed by atoms with E-state index in [1.807, 2.05) is 0 Å². The largest absolute Gasteiger partial charge is 0.330 e. The van der Waals surface area contributed by atoms with Gasteiger partial charge in [-0.2, -0.15) is 0 Å². The summed E-state index contributed by atoms with van der Waals surface area (Å²) in [6.45, 7) is 0.876. The van der Waals surface area contributed by atoms with Crippen LogP contribution in [0.4, 0.5) is 0 Å². The molecule has 2 aliphatic rings. The first-order chi connectivity index (χ1) is 7.40. The van der Waals surface area contributed by atoms with E-state index < -0.39 is 0 Å². The minimum atomic E-state index is 0.756. The van der Waals surface area contributed by atoms with Crippen LogP contribution in [-0.4, -0.2) is 6.54 Å². The van der Waals surface area contributed by atoms with Crippen LogP contribution >= 0.6 is 0 Å². The van der Waals surface area contributed by atoms with Crippen molar-refractivity contribution in [2.24, 2.45) is 23.5 Å². The van der Waals surface area contributed by atoms with Crippen molar-refractivity contribution in [1.29, 1.82) is 0 Å². The molecular formula is C14H19N. The molecule has 2 N–H and O–H groups in total. The predicted molar refractivity (Wildman–Crippen MR) is 62.6 cm³/mol. The lowest BCUT2D eigenvalue weighted by molar-refractivity contribution is 0.295. The maximum atomic E-state index is 5.95. The molecular weight excluding hydrogens is 182 g/mol. The third-order valence-electron chi connectivity index (χ3n) is 4.55. The Kier molecular flexibility index (Phi) is 2.28. The number of hydrogen-bond acceptors (Lipinski definition) is 1. The summed E-state index contributed by atoms with van der Waals surface area (Å²) in [5.41, 5.74) is 7.48. The highest BCUT2D eigenvalue weighted by molar-refractivity contribution is 5.24. The first kappa shape index (κ1) is 9.41. The fourth-order valence-corrected chi connectivity index (χ4v) is 3.94. The summed E-state index contributed by atoms with van der Waals surface area (Å²) in [4.78, 5) is 0. The van der Waals surface area contributed by atoms with E-state index >= 15 is 0 Å². The van der Waals surface area contributed by atoms with Gasteiger partial charge in [-0.3, -0.25) is 0 Å². The van der Waals surface area contributed by atoms with Crippen molar-refractivity contribution < 1.29 is 0 Å². The molecule has 0 saturated heterocycles. The zero-order chi connectivity index (χ0) is 10.3.